The summed E-state index contributed by atoms with van der Waals surface area (Å²) in [5.74, 6) is 0.0264. The van der Waals surface area contributed by atoms with E-state index >= 15 is 0 Å². The summed E-state index contributed by atoms with van der Waals surface area (Å²) in [7, 11) is 0. The van der Waals surface area contributed by atoms with Gasteiger partial charge < -0.3 is 10.2 Å². The van der Waals surface area contributed by atoms with Crippen molar-refractivity contribution in [3.05, 3.63) is 11.6 Å². The zero-order chi connectivity index (χ0) is 20.3. The van der Waals surface area contributed by atoms with Gasteiger partial charge in [-0.3, -0.25) is 9.59 Å². The molecule has 0 aliphatic heterocycles. The Morgan fingerprint density at radius 1 is 1.25 bits per heavy atom. The van der Waals surface area contributed by atoms with Crippen LogP contribution in [0.2, 0.25) is 0 Å². The van der Waals surface area contributed by atoms with Crippen molar-refractivity contribution in [2.24, 2.45) is 34.5 Å². The summed E-state index contributed by atoms with van der Waals surface area (Å²) in [4.78, 5) is 23.1. The summed E-state index contributed by atoms with van der Waals surface area (Å²) in [6.45, 7) is 4.42. The van der Waals surface area contributed by atoms with E-state index in [4.69, 9.17) is 5.11 Å². The molecule has 0 amide bonds. The van der Waals surface area contributed by atoms with Gasteiger partial charge in [-0.25, -0.2) is 0 Å². The van der Waals surface area contributed by atoms with Crippen LogP contribution in [0.25, 0.3) is 0 Å². The lowest BCUT2D eigenvalue weighted by atomic mass is 9.44. The van der Waals surface area contributed by atoms with Crippen LogP contribution >= 0.6 is 0 Å². The average molecular weight is 386 g/mol. The first-order valence-electron chi connectivity index (χ1n) is 10.7. The van der Waals surface area contributed by atoms with Gasteiger partial charge in [-0.05, 0) is 79.6 Å². The molecule has 0 unspecified atom stereocenters. The fourth-order valence-electron chi connectivity index (χ4n) is 7.53. The Balaban J connectivity index is 1.70. The molecule has 152 valence electrons. The molecule has 5 heteroatoms. The fourth-order valence-corrected chi connectivity index (χ4v) is 7.53. The Morgan fingerprint density at radius 2 is 1.96 bits per heavy atom. The van der Waals surface area contributed by atoms with Gasteiger partial charge in [0.05, 0.1) is 17.6 Å². The lowest BCUT2D eigenvalue weighted by Crippen LogP contribution is -2.56. The van der Waals surface area contributed by atoms with Crippen molar-refractivity contribution < 1.29 is 19.8 Å². The molecule has 7 atom stereocenters. The Labute approximate surface area is 166 Å². The molecule has 0 aromatic heterocycles. The second-order valence-corrected chi connectivity index (χ2v) is 10.2. The molecule has 0 aromatic carbocycles. The zero-order valence-corrected chi connectivity index (χ0v) is 16.9. The van der Waals surface area contributed by atoms with E-state index in [2.05, 4.69) is 19.9 Å². The van der Waals surface area contributed by atoms with E-state index in [0.717, 1.165) is 25.7 Å². The molecule has 2 N–H and O–H groups in total. The number of carboxylic acid groups (broad SMARTS) is 1. The molecule has 4 aliphatic carbocycles. The van der Waals surface area contributed by atoms with Crippen LogP contribution in [0, 0.1) is 45.8 Å². The van der Waals surface area contributed by atoms with Gasteiger partial charge in [0.1, 0.15) is 0 Å². The fraction of sp³-hybridized carbons (Fsp3) is 0.783. The number of aliphatic carboxylic acids is 1. The molecule has 4 aliphatic rings. The number of fused-ring (bicyclic) bond motifs is 5. The Kier molecular flexibility index (Phi) is 4.50. The number of hydrogen-bond acceptors (Lipinski definition) is 4. The van der Waals surface area contributed by atoms with Gasteiger partial charge in [0, 0.05) is 12.8 Å². The van der Waals surface area contributed by atoms with Crippen LogP contribution in [0.1, 0.15) is 71.6 Å². The number of hydrogen-bond donors (Lipinski definition) is 2. The van der Waals surface area contributed by atoms with Crippen LogP contribution < -0.4 is 0 Å². The molecule has 3 fully saturated rings. The number of carbonyl (C=O) groups excluding carboxylic acids is 1. The number of ketones is 1. The van der Waals surface area contributed by atoms with Crippen LogP contribution in [-0.4, -0.2) is 27.6 Å². The second-order valence-electron chi connectivity index (χ2n) is 10.2. The molecule has 0 heterocycles. The summed E-state index contributed by atoms with van der Waals surface area (Å²) in [6.07, 6.45) is 7.50. The van der Waals surface area contributed by atoms with Crippen LogP contribution in [-0.2, 0) is 9.59 Å². The third-order valence-electron chi connectivity index (χ3n) is 9.25. The molecule has 0 aromatic rings. The third kappa shape index (κ3) is 2.60. The standard InChI is InChI=1S/C23H31NO4/c1-21-7-3-16(25)12-15(21)11-14(13-24)20-17(21)4-8-22(2)18(20)5-9-23(22,28)10-6-19(26)27/h12,14,17-18,20,28H,3-11H2,1-2H3,(H,26,27)/t14-,17-,18-,20+,21-,22-,23+/m0/s1. The van der Waals surface area contributed by atoms with Crippen LogP contribution in [0.15, 0.2) is 11.6 Å². The predicted molar refractivity (Wildman–Crippen MR) is 103 cm³/mol. The highest BCUT2D eigenvalue weighted by molar-refractivity contribution is 5.91. The highest BCUT2D eigenvalue weighted by Crippen LogP contribution is 2.69. The predicted octanol–water partition coefficient (Wildman–Crippen LogP) is 3.86. The minimum Gasteiger partial charge on any atom is -0.481 e. The van der Waals surface area contributed by atoms with Crippen molar-refractivity contribution in [3.63, 3.8) is 0 Å². The number of aliphatic hydroxyl groups is 1. The molecule has 5 nitrogen and oxygen atoms in total. The van der Waals surface area contributed by atoms with Crippen LogP contribution in [0.3, 0.4) is 0 Å². The summed E-state index contributed by atoms with van der Waals surface area (Å²) >= 11 is 0. The average Bonchev–Trinajstić information content (AvgIpc) is 2.92. The maximum Gasteiger partial charge on any atom is 0.303 e. The van der Waals surface area contributed by atoms with E-state index < -0.39 is 11.6 Å². The molecule has 4 rings (SSSR count). The first-order valence-corrected chi connectivity index (χ1v) is 10.7. The largest absolute Gasteiger partial charge is 0.481 e. The normalized spacial score (nSPS) is 47.4. The first kappa shape index (κ1) is 19.6. The molecule has 0 spiro atoms. The minimum atomic E-state index is -0.958. The van der Waals surface area contributed by atoms with Gasteiger partial charge in [-0.2, -0.15) is 5.26 Å². The number of allylic oxidation sites excluding steroid dienone is 1. The van der Waals surface area contributed by atoms with Crippen molar-refractivity contribution >= 4 is 11.8 Å². The van der Waals surface area contributed by atoms with E-state index in [-0.39, 0.29) is 40.8 Å². The van der Waals surface area contributed by atoms with E-state index in [1.807, 2.05) is 6.08 Å². The number of rotatable bonds is 3. The van der Waals surface area contributed by atoms with Crippen LogP contribution in [0.4, 0.5) is 0 Å². The molecule has 0 bridgehead atoms. The monoisotopic (exact) mass is 385 g/mol. The second kappa shape index (κ2) is 6.42. The van der Waals surface area contributed by atoms with Gasteiger partial charge >= 0.3 is 5.97 Å². The molecule has 3 saturated carbocycles. The molecule has 28 heavy (non-hydrogen) atoms. The smallest absolute Gasteiger partial charge is 0.303 e. The quantitative estimate of drug-likeness (QED) is 0.768. The highest BCUT2D eigenvalue weighted by atomic mass is 16.4. The summed E-state index contributed by atoms with van der Waals surface area (Å²) < 4.78 is 0. The molecule has 0 saturated heterocycles. The topological polar surface area (TPSA) is 98.4 Å². The van der Waals surface area contributed by atoms with Gasteiger partial charge in [-0.1, -0.05) is 19.4 Å². The van der Waals surface area contributed by atoms with Crippen molar-refractivity contribution in [1.82, 2.24) is 0 Å². The van der Waals surface area contributed by atoms with Crippen LogP contribution in [0.5, 0.6) is 0 Å². The molecular weight excluding hydrogens is 354 g/mol. The zero-order valence-electron chi connectivity index (χ0n) is 16.9. The highest BCUT2D eigenvalue weighted by Gasteiger charge is 2.65. The lowest BCUT2D eigenvalue weighted by molar-refractivity contribution is -0.149. The van der Waals surface area contributed by atoms with Crippen molar-refractivity contribution in [2.75, 3.05) is 0 Å². The summed E-state index contributed by atoms with van der Waals surface area (Å²) in [5, 5.41) is 30.6. The van der Waals surface area contributed by atoms with Gasteiger partial charge in [0.25, 0.3) is 0 Å². The summed E-state index contributed by atoms with van der Waals surface area (Å²) in [5.41, 5.74) is -0.143. The van der Waals surface area contributed by atoms with Gasteiger partial charge in [0.2, 0.25) is 0 Å². The van der Waals surface area contributed by atoms with Gasteiger partial charge in [0.15, 0.2) is 5.78 Å². The Hall–Kier alpha value is -1.67. The van der Waals surface area contributed by atoms with Crippen molar-refractivity contribution in [3.8, 4) is 6.07 Å². The van der Waals surface area contributed by atoms with Gasteiger partial charge in [-0.15, -0.1) is 0 Å². The lowest BCUT2D eigenvalue weighted by Gasteiger charge is -2.60. The Morgan fingerprint density at radius 3 is 2.64 bits per heavy atom. The summed E-state index contributed by atoms with van der Waals surface area (Å²) in [6, 6.07) is 2.55. The minimum absolute atomic E-state index is 0.0126. The van der Waals surface area contributed by atoms with E-state index in [9.17, 15) is 20.0 Å². The number of carbonyl (C=O) groups is 2. The Bertz CT molecular complexity index is 782. The number of nitrogens with zero attached hydrogens (tertiary/aromatic N) is 1. The number of carboxylic acids is 1. The maximum atomic E-state index is 12.0. The number of nitriles is 1. The van der Waals surface area contributed by atoms with E-state index in [1.165, 1.54) is 5.57 Å². The van der Waals surface area contributed by atoms with E-state index in [1.54, 1.807) is 0 Å². The van der Waals surface area contributed by atoms with E-state index in [0.29, 0.717) is 31.6 Å². The first-order chi connectivity index (χ1) is 13.1. The third-order valence-corrected chi connectivity index (χ3v) is 9.25. The SMILES string of the molecule is C[C@]12CCC(=O)C=C1C[C@@H](C#N)[C@@H]1[C@@H]2CC[C@@]2(C)[C@H]1CC[C@@]2(O)CCC(=O)O. The van der Waals surface area contributed by atoms with Crippen molar-refractivity contribution in [1.29, 1.82) is 5.26 Å². The maximum absolute atomic E-state index is 12.0. The van der Waals surface area contributed by atoms with Crippen molar-refractivity contribution in [2.45, 2.75) is 77.2 Å². The molecular formula is C23H31NO4. The molecule has 0 radical (unpaired) electrons.